The van der Waals surface area contributed by atoms with Gasteiger partial charge in [0.15, 0.2) is 0 Å². The summed E-state index contributed by atoms with van der Waals surface area (Å²) in [7, 11) is 1.41. The van der Waals surface area contributed by atoms with Gasteiger partial charge in [-0.05, 0) is 6.07 Å². The monoisotopic (exact) mass is 349 g/mol. The fourth-order valence-electron chi connectivity index (χ4n) is 2.73. The van der Waals surface area contributed by atoms with Gasteiger partial charge in [0.2, 0.25) is 5.91 Å². The second-order valence-corrected chi connectivity index (χ2v) is 6.98. The number of hydrogen-bond acceptors (Lipinski definition) is 5. The molecule has 0 aromatic heterocycles. The summed E-state index contributed by atoms with van der Waals surface area (Å²) in [5, 5.41) is 11.0. The Kier molecular flexibility index (Phi) is 5.30. The first kappa shape index (κ1) is 18.7. The van der Waals surface area contributed by atoms with E-state index < -0.39 is 10.3 Å². The van der Waals surface area contributed by atoms with E-state index in [0.29, 0.717) is 31.9 Å². The lowest BCUT2D eigenvalue weighted by molar-refractivity contribution is -0.384. The first-order chi connectivity index (χ1) is 11.6. The third kappa shape index (κ3) is 4.07. The Bertz CT molecular complexity index is 688. The Morgan fingerprint density at radius 1 is 1.12 bits per heavy atom. The third-order valence-electron chi connectivity index (χ3n) is 4.12. The molecule has 1 aromatic rings. The molecule has 0 spiro atoms. The molecule has 8 heteroatoms. The lowest BCUT2D eigenvalue weighted by atomic mass is 9.94. The highest BCUT2D eigenvalue weighted by atomic mass is 16.6. The molecule has 0 N–H and O–H groups in total. The van der Waals surface area contributed by atoms with Crippen LogP contribution in [0.4, 0.5) is 5.69 Å². The van der Waals surface area contributed by atoms with E-state index in [9.17, 15) is 19.7 Å². The van der Waals surface area contributed by atoms with Gasteiger partial charge in [0, 0.05) is 43.7 Å². The van der Waals surface area contributed by atoms with Crippen molar-refractivity contribution in [2.75, 3.05) is 33.3 Å². The minimum atomic E-state index is -0.545. The van der Waals surface area contributed by atoms with Crippen molar-refractivity contribution >= 4 is 17.5 Å². The lowest BCUT2D eigenvalue weighted by Gasteiger charge is -2.37. The second kappa shape index (κ2) is 7.08. The number of nitro benzene ring substituents is 1. The van der Waals surface area contributed by atoms with Crippen molar-refractivity contribution in [1.82, 2.24) is 9.80 Å². The number of carbonyl (C=O) groups excluding carboxylic acids is 2. The average Bonchev–Trinajstić information content (AvgIpc) is 2.59. The fourth-order valence-corrected chi connectivity index (χ4v) is 2.73. The summed E-state index contributed by atoms with van der Waals surface area (Å²) in [6.45, 7) is 7.24. The molecule has 2 amide bonds. The van der Waals surface area contributed by atoms with E-state index in [1.807, 2.05) is 20.8 Å². The van der Waals surface area contributed by atoms with Crippen LogP contribution in [0.25, 0.3) is 0 Å². The number of nitrogens with zero attached hydrogens (tertiary/aromatic N) is 3. The molecule has 8 nitrogen and oxygen atoms in total. The Morgan fingerprint density at radius 2 is 1.68 bits per heavy atom. The van der Waals surface area contributed by atoms with Gasteiger partial charge in [0.25, 0.3) is 11.6 Å². The molecular formula is C17H23N3O5. The van der Waals surface area contributed by atoms with E-state index in [4.69, 9.17) is 4.74 Å². The van der Waals surface area contributed by atoms with Crippen LogP contribution in [0.2, 0.25) is 0 Å². The number of hydrogen-bond donors (Lipinski definition) is 0. The minimum Gasteiger partial charge on any atom is -0.496 e. The van der Waals surface area contributed by atoms with Crippen LogP contribution >= 0.6 is 0 Å². The maximum atomic E-state index is 12.7. The van der Waals surface area contributed by atoms with Gasteiger partial charge in [-0.3, -0.25) is 19.7 Å². The standard InChI is InChI=1S/C17H23N3O5/c1-17(2,3)16(22)19-9-7-18(8-10-19)15(21)13-11-12(20(23)24)5-6-14(13)25-4/h5-6,11H,7-10H2,1-4H3. The largest absolute Gasteiger partial charge is 0.496 e. The van der Waals surface area contributed by atoms with Gasteiger partial charge < -0.3 is 14.5 Å². The Hall–Kier alpha value is -2.64. The summed E-state index contributed by atoms with van der Waals surface area (Å²) in [5.41, 5.74) is -0.465. The molecule has 0 aliphatic carbocycles. The number of methoxy groups -OCH3 is 1. The van der Waals surface area contributed by atoms with E-state index in [0.717, 1.165) is 0 Å². The molecule has 0 saturated carbocycles. The van der Waals surface area contributed by atoms with Crippen molar-refractivity contribution in [2.24, 2.45) is 5.41 Å². The number of ether oxygens (including phenoxy) is 1. The molecule has 1 saturated heterocycles. The predicted octanol–water partition coefficient (Wildman–Crippen LogP) is 1.93. The zero-order valence-corrected chi connectivity index (χ0v) is 14.9. The maximum absolute atomic E-state index is 12.7. The van der Waals surface area contributed by atoms with Crippen LogP contribution in [0.1, 0.15) is 31.1 Å². The van der Waals surface area contributed by atoms with Gasteiger partial charge in [-0.1, -0.05) is 20.8 Å². The van der Waals surface area contributed by atoms with Crippen LogP contribution in [0.3, 0.4) is 0 Å². The minimum absolute atomic E-state index is 0.0486. The van der Waals surface area contributed by atoms with Crippen molar-refractivity contribution in [3.8, 4) is 5.75 Å². The van der Waals surface area contributed by atoms with Gasteiger partial charge in [0.1, 0.15) is 5.75 Å². The van der Waals surface area contributed by atoms with Gasteiger partial charge in [-0.15, -0.1) is 0 Å². The van der Waals surface area contributed by atoms with Crippen LogP contribution in [0.5, 0.6) is 5.75 Å². The molecule has 1 aromatic carbocycles. The topological polar surface area (TPSA) is 93.0 Å². The van der Waals surface area contributed by atoms with E-state index in [2.05, 4.69) is 0 Å². The molecule has 0 unspecified atom stereocenters. The Morgan fingerprint density at radius 3 is 2.16 bits per heavy atom. The number of amides is 2. The van der Waals surface area contributed by atoms with Crippen LogP contribution in [0, 0.1) is 15.5 Å². The van der Waals surface area contributed by atoms with Crippen LogP contribution < -0.4 is 4.74 Å². The normalized spacial score (nSPS) is 15.0. The summed E-state index contributed by atoms with van der Waals surface area (Å²) >= 11 is 0. The van der Waals surface area contributed by atoms with Crippen molar-refractivity contribution in [2.45, 2.75) is 20.8 Å². The number of rotatable bonds is 3. The first-order valence-electron chi connectivity index (χ1n) is 8.06. The number of carbonyl (C=O) groups is 2. The highest BCUT2D eigenvalue weighted by Crippen LogP contribution is 2.26. The summed E-state index contributed by atoms with van der Waals surface area (Å²) in [6.07, 6.45) is 0. The number of nitro groups is 1. The molecule has 1 aliphatic heterocycles. The SMILES string of the molecule is COc1ccc([N+](=O)[O-])cc1C(=O)N1CCN(C(=O)C(C)(C)C)CC1. The zero-order valence-electron chi connectivity index (χ0n) is 14.9. The molecule has 1 fully saturated rings. The van der Waals surface area contributed by atoms with Crippen LogP contribution in [-0.2, 0) is 4.79 Å². The van der Waals surface area contributed by atoms with E-state index in [-0.39, 0.29) is 23.1 Å². The molecule has 0 bridgehead atoms. The molecule has 0 atom stereocenters. The molecule has 136 valence electrons. The average molecular weight is 349 g/mol. The number of piperazine rings is 1. The summed E-state index contributed by atoms with van der Waals surface area (Å²) < 4.78 is 5.16. The lowest BCUT2D eigenvalue weighted by Crippen LogP contribution is -2.53. The van der Waals surface area contributed by atoms with Gasteiger partial charge >= 0.3 is 0 Å². The quantitative estimate of drug-likeness (QED) is 0.614. The maximum Gasteiger partial charge on any atom is 0.270 e. The highest BCUT2D eigenvalue weighted by molar-refractivity contribution is 5.97. The highest BCUT2D eigenvalue weighted by Gasteiger charge is 2.32. The number of non-ortho nitro benzene ring substituents is 1. The zero-order chi connectivity index (χ0) is 18.8. The smallest absolute Gasteiger partial charge is 0.270 e. The van der Waals surface area contributed by atoms with Gasteiger partial charge in [-0.25, -0.2) is 0 Å². The molecule has 25 heavy (non-hydrogen) atoms. The Labute approximate surface area is 146 Å². The summed E-state index contributed by atoms with van der Waals surface area (Å²) in [5.74, 6) is 0.0136. The van der Waals surface area contributed by atoms with Gasteiger partial charge in [-0.2, -0.15) is 0 Å². The first-order valence-corrected chi connectivity index (χ1v) is 8.06. The van der Waals surface area contributed by atoms with E-state index in [1.165, 1.54) is 25.3 Å². The van der Waals surface area contributed by atoms with Gasteiger partial charge in [0.05, 0.1) is 17.6 Å². The predicted molar refractivity (Wildman–Crippen MR) is 91.6 cm³/mol. The van der Waals surface area contributed by atoms with Crippen molar-refractivity contribution < 1.29 is 19.2 Å². The third-order valence-corrected chi connectivity index (χ3v) is 4.12. The van der Waals surface area contributed by atoms with E-state index in [1.54, 1.807) is 9.80 Å². The molecule has 0 radical (unpaired) electrons. The molecule has 1 aliphatic rings. The molecular weight excluding hydrogens is 326 g/mol. The second-order valence-electron chi connectivity index (χ2n) is 6.98. The summed E-state index contributed by atoms with van der Waals surface area (Å²) in [4.78, 5) is 38.8. The van der Waals surface area contributed by atoms with Crippen molar-refractivity contribution in [1.29, 1.82) is 0 Å². The van der Waals surface area contributed by atoms with Crippen LogP contribution in [0.15, 0.2) is 18.2 Å². The number of benzene rings is 1. The molecule has 2 rings (SSSR count). The van der Waals surface area contributed by atoms with Crippen molar-refractivity contribution in [3.63, 3.8) is 0 Å². The molecule has 1 heterocycles. The van der Waals surface area contributed by atoms with Crippen molar-refractivity contribution in [3.05, 3.63) is 33.9 Å². The Balaban J connectivity index is 2.14. The van der Waals surface area contributed by atoms with Crippen LogP contribution in [-0.4, -0.2) is 59.8 Å². The van der Waals surface area contributed by atoms with E-state index >= 15 is 0 Å². The fraction of sp³-hybridized carbons (Fsp3) is 0.529. The summed E-state index contributed by atoms with van der Waals surface area (Å²) in [6, 6.07) is 3.95.